The SMILES string of the molecule is CCOC(=O)C1(C(=O)OCC)[C@H]2[C@@H]1C(=O)C=C1C=C[C@H]3[C@@H]4CC[C@H](OC(=O)CC)[C@@]4(C)CC[C@@H]3[C@]12C. The van der Waals surface area contributed by atoms with E-state index in [1.807, 2.05) is 13.0 Å². The Labute approximate surface area is 213 Å². The fourth-order valence-corrected chi connectivity index (χ4v) is 8.70. The average molecular weight is 499 g/mol. The molecule has 3 fully saturated rings. The van der Waals surface area contributed by atoms with Gasteiger partial charge in [-0.25, -0.2) is 0 Å². The molecule has 8 atom stereocenters. The molecular weight excluding hydrogens is 460 g/mol. The topological polar surface area (TPSA) is 96.0 Å². The van der Waals surface area contributed by atoms with Crippen LogP contribution in [-0.2, 0) is 33.4 Å². The minimum Gasteiger partial charge on any atom is -0.465 e. The molecule has 3 saturated carbocycles. The molecule has 0 saturated heterocycles. The van der Waals surface area contributed by atoms with Crippen molar-refractivity contribution in [2.24, 2.45) is 45.8 Å². The van der Waals surface area contributed by atoms with E-state index in [4.69, 9.17) is 14.2 Å². The maximum atomic E-state index is 13.4. The van der Waals surface area contributed by atoms with Crippen LogP contribution in [0.4, 0.5) is 0 Å². The molecule has 0 bridgehead atoms. The molecule has 5 aliphatic carbocycles. The van der Waals surface area contributed by atoms with Gasteiger partial charge in [0.2, 0.25) is 0 Å². The van der Waals surface area contributed by atoms with Crippen LogP contribution in [0.1, 0.15) is 66.7 Å². The first kappa shape index (κ1) is 25.2. The number of ether oxygens (including phenoxy) is 3. The van der Waals surface area contributed by atoms with Gasteiger partial charge >= 0.3 is 17.9 Å². The molecule has 0 aromatic heterocycles. The number of hydrogen-bond donors (Lipinski definition) is 0. The molecule has 7 heteroatoms. The Hall–Kier alpha value is -2.44. The molecule has 5 rings (SSSR count). The molecule has 0 radical (unpaired) electrons. The molecular formula is C29H38O7. The van der Waals surface area contributed by atoms with Gasteiger partial charge in [0, 0.05) is 23.2 Å². The Kier molecular flexibility index (Phi) is 6.00. The lowest BCUT2D eigenvalue weighted by molar-refractivity contribution is -0.167. The summed E-state index contributed by atoms with van der Waals surface area (Å²) in [6, 6.07) is 0. The highest BCUT2D eigenvalue weighted by Crippen LogP contribution is 2.76. The van der Waals surface area contributed by atoms with Crippen LogP contribution < -0.4 is 0 Å². The third-order valence-corrected chi connectivity index (χ3v) is 10.4. The van der Waals surface area contributed by atoms with Crippen LogP contribution in [0.2, 0.25) is 0 Å². The predicted molar refractivity (Wildman–Crippen MR) is 130 cm³/mol. The van der Waals surface area contributed by atoms with E-state index in [1.54, 1.807) is 19.9 Å². The summed E-state index contributed by atoms with van der Waals surface area (Å²) in [6.07, 6.45) is 9.80. The largest absolute Gasteiger partial charge is 0.465 e. The minimum absolute atomic E-state index is 0.0891. The van der Waals surface area contributed by atoms with Gasteiger partial charge in [-0.1, -0.05) is 32.9 Å². The number of hydrogen-bond acceptors (Lipinski definition) is 7. The van der Waals surface area contributed by atoms with E-state index in [9.17, 15) is 19.2 Å². The van der Waals surface area contributed by atoms with Crippen molar-refractivity contribution >= 4 is 23.7 Å². The fraction of sp³-hybridized carbons (Fsp3) is 0.724. The van der Waals surface area contributed by atoms with Gasteiger partial charge in [-0.3, -0.25) is 19.2 Å². The van der Waals surface area contributed by atoms with Crippen molar-refractivity contribution in [2.75, 3.05) is 13.2 Å². The summed E-state index contributed by atoms with van der Waals surface area (Å²) < 4.78 is 16.7. The second kappa shape index (κ2) is 8.56. The van der Waals surface area contributed by atoms with Crippen LogP contribution in [0.3, 0.4) is 0 Å². The van der Waals surface area contributed by atoms with Gasteiger partial charge in [0.15, 0.2) is 11.2 Å². The number of fused-ring (bicyclic) bond motifs is 7. The van der Waals surface area contributed by atoms with Gasteiger partial charge in [0.25, 0.3) is 0 Å². The third-order valence-electron chi connectivity index (χ3n) is 10.4. The van der Waals surface area contributed by atoms with Crippen LogP contribution in [0.15, 0.2) is 23.8 Å². The van der Waals surface area contributed by atoms with Crippen molar-refractivity contribution in [3.05, 3.63) is 23.8 Å². The summed E-state index contributed by atoms with van der Waals surface area (Å²) in [6.45, 7) is 9.89. The lowest BCUT2D eigenvalue weighted by Gasteiger charge is -2.56. The second-order valence-electron chi connectivity index (χ2n) is 11.7. The molecule has 196 valence electrons. The first-order chi connectivity index (χ1) is 17.1. The number of allylic oxidation sites excluding steroid dienone is 4. The summed E-state index contributed by atoms with van der Waals surface area (Å²) in [5.41, 5.74) is -1.32. The summed E-state index contributed by atoms with van der Waals surface area (Å²) in [5, 5.41) is 0. The van der Waals surface area contributed by atoms with Gasteiger partial charge in [-0.05, 0) is 68.9 Å². The van der Waals surface area contributed by atoms with Crippen LogP contribution in [0.5, 0.6) is 0 Å². The Morgan fingerprint density at radius 3 is 2.25 bits per heavy atom. The lowest BCUT2D eigenvalue weighted by Crippen LogP contribution is -2.51. The molecule has 7 nitrogen and oxygen atoms in total. The van der Waals surface area contributed by atoms with Gasteiger partial charge in [-0.15, -0.1) is 0 Å². The van der Waals surface area contributed by atoms with E-state index >= 15 is 0 Å². The standard InChI is InChI=1S/C29H38O7/c1-6-22(31)36-21-12-11-18-17-10-9-16-15-20(30)23-24(28(16,5)19(17)13-14-27(18,21)4)29(23,25(32)34-7-2)26(33)35-8-3/h9-10,15,17-19,21,23-24H,6-8,11-14H2,1-5H3/t17-,18-,19-,21-,23-,24-,27-,28-/m0/s1. The Morgan fingerprint density at radius 1 is 0.972 bits per heavy atom. The zero-order chi connectivity index (χ0) is 26.0. The highest BCUT2D eigenvalue weighted by atomic mass is 16.6. The van der Waals surface area contributed by atoms with Crippen LogP contribution in [0, 0.1) is 45.8 Å². The van der Waals surface area contributed by atoms with Gasteiger partial charge in [-0.2, -0.15) is 0 Å². The van der Waals surface area contributed by atoms with Crippen LogP contribution in [0.25, 0.3) is 0 Å². The highest BCUT2D eigenvalue weighted by molar-refractivity contribution is 6.14. The van der Waals surface area contributed by atoms with Crippen molar-refractivity contribution in [1.82, 2.24) is 0 Å². The van der Waals surface area contributed by atoms with E-state index < -0.39 is 34.6 Å². The molecule has 0 spiro atoms. The Morgan fingerprint density at radius 2 is 1.64 bits per heavy atom. The Balaban J connectivity index is 1.53. The van der Waals surface area contributed by atoms with E-state index in [2.05, 4.69) is 19.9 Å². The van der Waals surface area contributed by atoms with Gasteiger partial charge in [0.05, 0.1) is 19.1 Å². The van der Waals surface area contributed by atoms with Crippen LogP contribution in [-0.4, -0.2) is 43.0 Å². The van der Waals surface area contributed by atoms with Crippen molar-refractivity contribution < 1.29 is 33.4 Å². The maximum absolute atomic E-state index is 13.4. The smallest absolute Gasteiger partial charge is 0.324 e. The first-order valence-electron chi connectivity index (χ1n) is 13.6. The molecule has 0 unspecified atom stereocenters. The summed E-state index contributed by atoms with van der Waals surface area (Å²) in [7, 11) is 0. The number of rotatable bonds is 6. The highest BCUT2D eigenvalue weighted by Gasteiger charge is 2.85. The summed E-state index contributed by atoms with van der Waals surface area (Å²) in [4.78, 5) is 52.1. The molecule has 0 aromatic carbocycles. The quantitative estimate of drug-likeness (QED) is 0.308. The number of esters is 3. The molecule has 0 heterocycles. The van der Waals surface area contributed by atoms with Gasteiger partial charge in [0.1, 0.15) is 6.10 Å². The molecule has 5 aliphatic rings. The normalized spacial score (nSPS) is 41.1. The predicted octanol–water partition coefficient (Wildman–Crippen LogP) is 4.19. The molecule has 0 N–H and O–H groups in total. The molecule has 0 aliphatic heterocycles. The number of ketones is 1. The molecule has 36 heavy (non-hydrogen) atoms. The first-order valence-corrected chi connectivity index (χ1v) is 13.6. The summed E-state index contributed by atoms with van der Waals surface area (Å²) in [5.74, 6) is -2.13. The number of carbonyl (C=O) groups is 4. The zero-order valence-corrected chi connectivity index (χ0v) is 22.0. The fourth-order valence-electron chi connectivity index (χ4n) is 8.70. The minimum atomic E-state index is -1.58. The zero-order valence-electron chi connectivity index (χ0n) is 22.0. The van der Waals surface area contributed by atoms with Gasteiger partial charge < -0.3 is 14.2 Å². The van der Waals surface area contributed by atoms with Crippen LogP contribution >= 0.6 is 0 Å². The van der Waals surface area contributed by atoms with E-state index in [0.717, 1.165) is 31.3 Å². The van der Waals surface area contributed by atoms with Crippen molar-refractivity contribution in [1.29, 1.82) is 0 Å². The molecule has 0 amide bonds. The maximum Gasteiger partial charge on any atom is 0.324 e. The third kappa shape index (κ3) is 3.10. The Bertz CT molecular complexity index is 1040. The molecule has 0 aromatic rings. The lowest BCUT2D eigenvalue weighted by atomic mass is 9.48. The van der Waals surface area contributed by atoms with Crippen molar-refractivity contribution in [3.63, 3.8) is 0 Å². The average Bonchev–Trinajstić information content (AvgIpc) is 3.48. The van der Waals surface area contributed by atoms with E-state index in [-0.39, 0.29) is 48.3 Å². The number of carbonyl (C=O) groups excluding carboxylic acids is 4. The summed E-state index contributed by atoms with van der Waals surface area (Å²) >= 11 is 0. The van der Waals surface area contributed by atoms with Crippen molar-refractivity contribution in [2.45, 2.75) is 72.8 Å². The van der Waals surface area contributed by atoms with E-state index in [1.165, 1.54) is 0 Å². The van der Waals surface area contributed by atoms with E-state index in [0.29, 0.717) is 12.3 Å². The monoisotopic (exact) mass is 498 g/mol. The van der Waals surface area contributed by atoms with Crippen molar-refractivity contribution in [3.8, 4) is 0 Å². The second-order valence-corrected chi connectivity index (χ2v) is 11.7.